The van der Waals surface area contributed by atoms with Crippen molar-refractivity contribution in [2.24, 2.45) is 0 Å². The number of amides is 1. The highest BCUT2D eigenvalue weighted by Crippen LogP contribution is 2.42. The number of piperazine rings is 1. The molecule has 3 aliphatic carbocycles. The van der Waals surface area contributed by atoms with Crippen LogP contribution in [-0.4, -0.2) is 246 Å². The van der Waals surface area contributed by atoms with Gasteiger partial charge in [-0.3, -0.25) is 18.8 Å². The average Bonchev–Trinajstić information content (AvgIpc) is 1.63. The Morgan fingerprint density at radius 1 is 0.640 bits per heavy atom. The van der Waals surface area contributed by atoms with Gasteiger partial charge < -0.3 is 50.2 Å². The standard InChI is InChI=1S/C28H37N9O3.C27H37F2N7O4S.C23H29F2N5O2S/c1-18(17-39-4)32-27-29-15-25-22(12-24(37(25)34-27)19-5-6-23-20(11-19)13-30-33-23)21-14-31-36(16-21)28(2,3)26(38)35-7-9-40-10-8-35;1-18(17-40-3)32-26-31-16-24-22(15-23(36(24)33-26)19-4-6-21(37)7-5-19)20-8-9-30-25(14-20)34-10-12-35(13-11-34)41(38,39)27(2,28)29;1-14(10-21(24)25)28-23-27-13-20-18(16-6-9-22(26-12-16)33(2,3)32)11-19(30(20)29-23)15-4-7-17(31)8-5-15/h12-16,18-19H,5-11,17H2,1-4H3,(H,30,33)(H,32,34);8-9,14-16,18-19,21,37H,4-7,10-13,17H2,1-3H3,(H,32,33);6,9,11-15,17,21,31H,2,4-5,7-8,10H2,1,3H3,(H,28,29)/t18-,19?;18-,19?,21?;14-,15?,17?,33?/m000/s1. The van der Waals surface area contributed by atoms with Gasteiger partial charge in [0.15, 0.2) is 0 Å². The molecular weight excluding hydrogens is 1520 g/mol. The van der Waals surface area contributed by atoms with Crippen molar-refractivity contribution in [1.82, 2.24) is 82.9 Å². The van der Waals surface area contributed by atoms with E-state index < -0.39 is 42.8 Å². The number of H-pyrrole nitrogens is 1. The van der Waals surface area contributed by atoms with Gasteiger partial charge in [-0.05, 0) is 159 Å². The second kappa shape index (κ2) is 35.0. The summed E-state index contributed by atoms with van der Waals surface area (Å²) in [5, 5.41) is 52.6. The number of nitrogens with one attached hydrogen (secondary N) is 4. The van der Waals surface area contributed by atoms with Gasteiger partial charge >= 0.3 is 5.25 Å². The summed E-state index contributed by atoms with van der Waals surface area (Å²) in [7, 11) is -3.79. The lowest BCUT2D eigenvalue weighted by Gasteiger charge is -2.35. The summed E-state index contributed by atoms with van der Waals surface area (Å²) in [6, 6.07) is 13.4. The molecule has 2 saturated heterocycles. The number of fused-ring (bicyclic) bond motifs is 4. The first-order valence-corrected chi connectivity index (χ1v) is 42.4. The van der Waals surface area contributed by atoms with Gasteiger partial charge in [-0.25, -0.2) is 55.7 Å². The number of carbonyl (C=O) groups excluding carboxylic acids is 1. The number of aliphatic hydroxyl groups excluding tert-OH is 2. The molecule has 5 aliphatic rings. The van der Waals surface area contributed by atoms with Crippen molar-refractivity contribution in [1.29, 1.82) is 0 Å². The molecule has 30 nitrogen and oxygen atoms in total. The monoisotopic (exact) mass is 1620 g/mol. The number of rotatable bonds is 24. The molecule has 10 aromatic rings. The van der Waals surface area contributed by atoms with E-state index >= 15 is 0 Å². The van der Waals surface area contributed by atoms with E-state index in [1.807, 2.05) is 94.0 Å². The predicted octanol–water partition coefficient (Wildman–Crippen LogP) is 9.92. The maximum atomic E-state index is 13.7. The predicted molar refractivity (Wildman–Crippen MR) is 428 cm³/mol. The topological polar surface area (TPSA) is 345 Å². The lowest BCUT2D eigenvalue weighted by atomic mass is 9.85. The zero-order valence-electron chi connectivity index (χ0n) is 65.8. The number of ether oxygens (including phenoxy) is 3. The van der Waals surface area contributed by atoms with E-state index in [1.54, 1.807) is 62.9 Å². The molecule has 114 heavy (non-hydrogen) atoms. The van der Waals surface area contributed by atoms with Crippen molar-refractivity contribution in [3.05, 3.63) is 120 Å². The lowest BCUT2D eigenvalue weighted by molar-refractivity contribution is -0.143. The number of pyridine rings is 2. The first-order chi connectivity index (χ1) is 54.4. The van der Waals surface area contributed by atoms with Crippen LogP contribution in [0, 0.1) is 0 Å². The fraction of sp³-hybridized carbons (Fsp3) is 0.538. The number of sulfonamides is 1. The number of aromatic nitrogens is 15. The van der Waals surface area contributed by atoms with E-state index in [4.69, 9.17) is 24.4 Å². The summed E-state index contributed by atoms with van der Waals surface area (Å²) in [6.07, 6.45) is 21.8. The highest BCUT2D eigenvalue weighted by molar-refractivity contribution is 7.99. The Bertz CT molecular complexity index is 5200. The third-order valence-electron chi connectivity index (χ3n) is 22.0. The minimum atomic E-state index is -4.70. The first kappa shape index (κ1) is 82.7. The van der Waals surface area contributed by atoms with Gasteiger partial charge in [0.25, 0.3) is 10.0 Å². The van der Waals surface area contributed by atoms with Crippen molar-refractivity contribution in [3.63, 3.8) is 0 Å². The SMILES string of the molecule is C=S(C)(=O)c1ccc(-c2cc(C3CCC(O)CC3)n3nc(N[C@@H](C)CC(F)F)ncc23)cn1.COC[C@H](C)Nc1ncc2c(-c3ccnc(N4CCN(S(=O)(=O)C(C)(F)F)CC4)c3)cc(C3CCC(O)CC3)n2n1.COC[C@H](C)Nc1ncc2c(-c3cnn(C(C)(C)C(=O)N4CCOCC4)c3)cc(C3CCc4[nH]ncc4C3)n2n1. The summed E-state index contributed by atoms with van der Waals surface area (Å²) in [4.78, 5) is 39.6. The largest absolute Gasteiger partial charge is 0.393 e. The fourth-order valence-electron chi connectivity index (χ4n) is 15.7. The van der Waals surface area contributed by atoms with Gasteiger partial charge in [0, 0.05) is 188 Å². The number of aryl methyl sites for hydroxylation is 1. The minimum Gasteiger partial charge on any atom is -0.393 e. The molecule has 1 amide bonds. The molecule has 614 valence electrons. The summed E-state index contributed by atoms with van der Waals surface area (Å²) < 4.78 is 114. The number of hydrogen-bond acceptors (Lipinski definition) is 23. The smallest absolute Gasteiger partial charge is 0.356 e. The Kier molecular flexibility index (Phi) is 25.4. The van der Waals surface area contributed by atoms with E-state index in [1.165, 1.54) is 11.3 Å². The van der Waals surface area contributed by atoms with Gasteiger partial charge in [0.05, 0.1) is 86.2 Å². The van der Waals surface area contributed by atoms with Gasteiger partial charge in [0.1, 0.15) is 16.4 Å². The van der Waals surface area contributed by atoms with Crippen LogP contribution < -0.4 is 20.9 Å². The van der Waals surface area contributed by atoms with Gasteiger partial charge in [-0.15, -0.1) is 15.3 Å². The van der Waals surface area contributed by atoms with Crippen molar-refractivity contribution < 1.29 is 59.4 Å². The molecule has 2 unspecified atom stereocenters. The number of hydrogen-bond donors (Lipinski definition) is 6. The van der Waals surface area contributed by atoms with Crippen molar-refractivity contribution >= 4 is 71.5 Å². The van der Waals surface area contributed by atoms with Crippen molar-refractivity contribution in [3.8, 4) is 33.4 Å². The molecule has 15 rings (SSSR count). The maximum absolute atomic E-state index is 13.7. The van der Waals surface area contributed by atoms with Crippen LogP contribution in [0.15, 0.2) is 97.1 Å². The Balaban J connectivity index is 0.000000150. The van der Waals surface area contributed by atoms with Crippen LogP contribution in [0.4, 0.5) is 41.2 Å². The number of aliphatic hydroxyl groups is 2. The average molecular weight is 1620 g/mol. The molecule has 0 spiro atoms. The van der Waals surface area contributed by atoms with E-state index in [2.05, 4.69) is 85.3 Å². The molecule has 0 radical (unpaired) electrons. The molecule has 36 heteroatoms. The van der Waals surface area contributed by atoms with Crippen LogP contribution in [-0.2, 0) is 56.9 Å². The molecule has 5 atom stereocenters. The molecule has 12 heterocycles. The first-order valence-electron chi connectivity index (χ1n) is 38.8. The highest BCUT2D eigenvalue weighted by Gasteiger charge is 2.45. The van der Waals surface area contributed by atoms with Crippen molar-refractivity contribution in [2.75, 3.05) is 107 Å². The van der Waals surface area contributed by atoms with E-state index in [0.29, 0.717) is 69.2 Å². The highest BCUT2D eigenvalue weighted by atomic mass is 32.2. The zero-order chi connectivity index (χ0) is 81.0. The number of methoxy groups -OCH3 is 2. The molecular formula is C78H103F4N21O9S2. The molecule has 2 saturated carbocycles. The van der Waals surface area contributed by atoms with E-state index in [0.717, 1.165) is 142 Å². The van der Waals surface area contributed by atoms with Crippen LogP contribution >= 0.6 is 0 Å². The Hall–Kier alpha value is -9.30. The minimum absolute atomic E-state index is 0.0162. The second-order valence-corrected chi connectivity index (χ2v) is 35.8. The van der Waals surface area contributed by atoms with E-state index in [-0.39, 0.29) is 86.5 Å². The van der Waals surface area contributed by atoms with Crippen LogP contribution in [0.1, 0.15) is 152 Å². The van der Waals surface area contributed by atoms with Gasteiger partial charge in [-0.2, -0.15) is 23.3 Å². The van der Waals surface area contributed by atoms with Crippen LogP contribution in [0.5, 0.6) is 0 Å². The second-order valence-electron chi connectivity index (χ2n) is 31.2. The van der Waals surface area contributed by atoms with Gasteiger partial charge in [0.2, 0.25) is 30.2 Å². The molecule has 4 fully saturated rings. The number of nitrogens with zero attached hydrogens (tertiary/aromatic N) is 17. The Morgan fingerprint density at radius 3 is 1.66 bits per heavy atom. The molecule has 0 aromatic carbocycles. The van der Waals surface area contributed by atoms with Crippen LogP contribution in [0.3, 0.4) is 0 Å². The maximum Gasteiger partial charge on any atom is 0.356 e. The van der Waals surface area contributed by atoms with Crippen LogP contribution in [0.2, 0.25) is 0 Å². The number of aromatic amines is 1. The van der Waals surface area contributed by atoms with Crippen LogP contribution in [0.25, 0.3) is 49.9 Å². The third-order valence-corrected chi connectivity index (χ3v) is 25.1. The van der Waals surface area contributed by atoms with E-state index in [9.17, 15) is 45.2 Å². The summed E-state index contributed by atoms with van der Waals surface area (Å²) >= 11 is 0. The summed E-state index contributed by atoms with van der Waals surface area (Å²) in [5.41, 5.74) is 12.7. The number of carbonyl (C=O) groups is 1. The summed E-state index contributed by atoms with van der Waals surface area (Å²) in [6.45, 7) is 13.7. The quantitative estimate of drug-likeness (QED) is 0.0242. The number of halogens is 4. The number of alkyl halides is 4. The summed E-state index contributed by atoms with van der Waals surface area (Å²) in [5.74, 6) is 6.39. The zero-order valence-corrected chi connectivity index (χ0v) is 67.4. The third kappa shape index (κ3) is 18.6. The Morgan fingerprint density at radius 2 is 1.16 bits per heavy atom. The molecule has 0 bridgehead atoms. The van der Waals surface area contributed by atoms with Gasteiger partial charge in [-0.1, -0.05) is 6.07 Å². The molecule has 6 N–H and O–H groups in total. The normalized spacial score (nSPS) is 20.6. The number of anilines is 4. The fourth-order valence-corrected chi connectivity index (χ4v) is 17.5. The number of morpholine rings is 1. The lowest BCUT2D eigenvalue weighted by Crippen LogP contribution is -2.52. The van der Waals surface area contributed by atoms with Crippen molar-refractivity contribution in [2.45, 2.75) is 189 Å². The molecule has 10 aromatic heterocycles. The molecule has 2 aliphatic heterocycles. The Labute approximate surface area is 660 Å².